The van der Waals surface area contributed by atoms with Gasteiger partial charge in [-0.15, -0.1) is 0 Å². The minimum Gasteiger partial charge on any atom is -0.365 e. The van der Waals surface area contributed by atoms with Gasteiger partial charge in [0, 0.05) is 35.1 Å². The summed E-state index contributed by atoms with van der Waals surface area (Å²) < 4.78 is 27.3. The van der Waals surface area contributed by atoms with E-state index in [1.54, 1.807) is 12.3 Å². The van der Waals surface area contributed by atoms with Gasteiger partial charge >= 0.3 is 0 Å². The van der Waals surface area contributed by atoms with Crippen molar-refractivity contribution in [2.45, 2.75) is 19.8 Å². The molecule has 0 aliphatic heterocycles. The summed E-state index contributed by atoms with van der Waals surface area (Å²) in [5.74, 6) is -0.782. The summed E-state index contributed by atoms with van der Waals surface area (Å²) in [7, 11) is 0. The van der Waals surface area contributed by atoms with E-state index in [4.69, 9.17) is 5.73 Å². The number of nitrogens with zero attached hydrogens (tertiary/aromatic N) is 3. The van der Waals surface area contributed by atoms with E-state index in [1.807, 2.05) is 49.6 Å². The van der Waals surface area contributed by atoms with Crippen LogP contribution in [0, 0.1) is 6.92 Å². The van der Waals surface area contributed by atoms with Gasteiger partial charge in [-0.05, 0) is 41.8 Å². The predicted molar refractivity (Wildman–Crippen MR) is 119 cm³/mol. The monoisotopic (exact) mass is 431 g/mol. The summed E-state index contributed by atoms with van der Waals surface area (Å²) in [6, 6.07) is 13.7. The van der Waals surface area contributed by atoms with Gasteiger partial charge in [-0.1, -0.05) is 24.3 Å². The summed E-state index contributed by atoms with van der Waals surface area (Å²) in [6.07, 6.45) is 2.05. The van der Waals surface area contributed by atoms with Gasteiger partial charge in [0.1, 0.15) is 5.65 Å². The highest BCUT2D eigenvalue weighted by molar-refractivity contribution is 6.02. The average molecular weight is 431 g/mol. The minimum atomic E-state index is -2.63. The molecule has 5 aromatic rings. The van der Waals surface area contributed by atoms with Crippen LogP contribution in [0.25, 0.3) is 38.8 Å². The van der Waals surface area contributed by atoms with Crippen molar-refractivity contribution < 1.29 is 13.6 Å². The average Bonchev–Trinajstić information content (AvgIpc) is 3.33. The Morgan fingerprint density at radius 1 is 1.16 bits per heavy atom. The van der Waals surface area contributed by atoms with Crippen molar-refractivity contribution in [2.75, 3.05) is 0 Å². The lowest BCUT2D eigenvalue weighted by atomic mass is 9.99. The Morgan fingerprint density at radius 2 is 1.97 bits per heavy atom. The maximum absolute atomic E-state index is 13.0. The fraction of sp³-hybridized carbons (Fsp3) is 0.125. The Labute approximate surface area is 181 Å². The fourth-order valence-electron chi connectivity index (χ4n) is 4.11. The highest BCUT2D eigenvalue weighted by atomic mass is 19.3. The highest BCUT2D eigenvalue weighted by Crippen LogP contribution is 2.33. The van der Waals surface area contributed by atoms with Crippen molar-refractivity contribution in [2.24, 2.45) is 5.73 Å². The van der Waals surface area contributed by atoms with Gasteiger partial charge in [0.2, 0.25) is 6.43 Å². The van der Waals surface area contributed by atoms with Crippen LogP contribution >= 0.6 is 0 Å². The number of halogens is 2. The normalized spacial score (nSPS) is 11.6. The van der Waals surface area contributed by atoms with Crippen LogP contribution in [0.3, 0.4) is 0 Å². The smallest absolute Gasteiger partial charge is 0.252 e. The molecule has 4 heterocycles. The Hall–Kier alpha value is -4.07. The van der Waals surface area contributed by atoms with Crippen LogP contribution in [0.15, 0.2) is 61.1 Å². The molecule has 0 atom stereocenters. The molecule has 6 nitrogen and oxygen atoms in total. The second-order valence-corrected chi connectivity index (χ2v) is 7.66. The molecule has 5 rings (SSSR count). The number of aromatic amines is 1. The molecule has 0 fully saturated rings. The van der Waals surface area contributed by atoms with E-state index in [1.165, 1.54) is 4.52 Å². The second kappa shape index (κ2) is 7.56. The lowest BCUT2D eigenvalue weighted by Gasteiger charge is -2.07. The van der Waals surface area contributed by atoms with E-state index in [-0.39, 0.29) is 11.3 Å². The van der Waals surface area contributed by atoms with Crippen LogP contribution < -0.4 is 5.73 Å². The zero-order valence-electron chi connectivity index (χ0n) is 17.1. The highest BCUT2D eigenvalue weighted by Gasteiger charge is 2.21. The number of pyridine rings is 2. The number of carbonyl (C=O) groups is 1. The first-order valence-electron chi connectivity index (χ1n) is 10.0. The fourth-order valence-corrected chi connectivity index (χ4v) is 4.11. The number of carbonyl (C=O) groups excluding carboxylic acids is 1. The Kier molecular flexibility index (Phi) is 4.70. The van der Waals surface area contributed by atoms with Crippen molar-refractivity contribution in [1.82, 2.24) is 19.6 Å². The topological polar surface area (TPSA) is 89.1 Å². The number of H-pyrrole nitrogens is 1. The second-order valence-electron chi connectivity index (χ2n) is 7.66. The van der Waals surface area contributed by atoms with Gasteiger partial charge in [-0.2, -0.15) is 5.10 Å². The van der Waals surface area contributed by atoms with Gasteiger partial charge in [0.05, 0.1) is 23.2 Å². The molecule has 160 valence electrons. The largest absolute Gasteiger partial charge is 0.365 e. The number of hydrogen-bond acceptors (Lipinski definition) is 3. The van der Waals surface area contributed by atoms with E-state index >= 15 is 0 Å². The van der Waals surface area contributed by atoms with Crippen molar-refractivity contribution in [3.05, 3.63) is 77.9 Å². The summed E-state index contributed by atoms with van der Waals surface area (Å²) in [5.41, 5.74) is 11.5. The third kappa shape index (κ3) is 3.30. The van der Waals surface area contributed by atoms with Crippen LogP contribution in [0.4, 0.5) is 8.78 Å². The molecule has 0 aliphatic rings. The van der Waals surface area contributed by atoms with E-state index in [9.17, 15) is 13.6 Å². The molecule has 0 saturated heterocycles. The van der Waals surface area contributed by atoms with Gasteiger partial charge in [-0.25, -0.2) is 18.3 Å². The minimum absolute atomic E-state index is 0.00733. The molecule has 0 aliphatic carbocycles. The van der Waals surface area contributed by atoms with Gasteiger partial charge in [0.25, 0.3) is 5.91 Å². The first-order valence-corrected chi connectivity index (χ1v) is 10.0. The van der Waals surface area contributed by atoms with E-state index in [0.29, 0.717) is 5.52 Å². The number of aryl methyl sites for hydroxylation is 1. The summed E-state index contributed by atoms with van der Waals surface area (Å²) in [4.78, 5) is 19.8. The summed E-state index contributed by atoms with van der Waals surface area (Å²) >= 11 is 0. The zero-order valence-corrected chi connectivity index (χ0v) is 17.1. The predicted octanol–water partition coefficient (Wildman–Crippen LogP) is 4.76. The maximum Gasteiger partial charge on any atom is 0.252 e. The summed E-state index contributed by atoms with van der Waals surface area (Å²) in [5, 5.41) is 5.04. The molecule has 4 aromatic heterocycles. The van der Waals surface area contributed by atoms with Crippen LogP contribution in [0.2, 0.25) is 0 Å². The number of fused-ring (bicyclic) bond motifs is 2. The van der Waals surface area contributed by atoms with Crippen molar-refractivity contribution in [3.63, 3.8) is 0 Å². The molecule has 0 bridgehead atoms. The third-order valence-electron chi connectivity index (χ3n) is 5.60. The molecule has 0 radical (unpaired) electrons. The SMILES string of the molecule is Cc1ccccc1-c1cnc2[nH]cc(-c3ccn4nc(CC(F)F)c(C(N)=O)c4c3)c2c1. The van der Waals surface area contributed by atoms with Crippen LogP contribution in [-0.2, 0) is 6.42 Å². The molecule has 3 N–H and O–H groups in total. The quantitative estimate of drug-likeness (QED) is 0.421. The van der Waals surface area contributed by atoms with E-state index in [0.717, 1.165) is 38.9 Å². The lowest BCUT2D eigenvalue weighted by molar-refractivity contribution is 0.0999. The number of nitrogens with one attached hydrogen (secondary N) is 1. The molecule has 0 unspecified atom stereocenters. The summed E-state index contributed by atoms with van der Waals surface area (Å²) in [6.45, 7) is 2.05. The molecular formula is C24H19F2N5O. The van der Waals surface area contributed by atoms with Gasteiger partial charge in [-0.3, -0.25) is 4.79 Å². The van der Waals surface area contributed by atoms with Crippen molar-refractivity contribution in [1.29, 1.82) is 0 Å². The standard InChI is InChI=1S/C24H19F2N5O/c1-13-4-2-3-5-16(13)15-8-17-18(12-29-24(17)28-11-15)14-6-7-31-20(9-14)22(23(27)32)19(30-31)10-21(25)26/h2-9,11-12,21H,10H2,1H3,(H2,27,32)(H,28,29). The van der Waals surface area contributed by atoms with Gasteiger partial charge in [0.15, 0.2) is 0 Å². The molecule has 8 heteroatoms. The molecule has 0 spiro atoms. The van der Waals surface area contributed by atoms with Crippen LogP contribution in [0.5, 0.6) is 0 Å². The maximum atomic E-state index is 13.0. The number of benzene rings is 1. The van der Waals surface area contributed by atoms with E-state index < -0.39 is 18.8 Å². The molecule has 0 saturated carbocycles. The number of hydrogen-bond donors (Lipinski definition) is 2. The number of alkyl halides is 2. The number of aromatic nitrogens is 4. The van der Waals surface area contributed by atoms with Crippen molar-refractivity contribution in [3.8, 4) is 22.3 Å². The first-order chi connectivity index (χ1) is 15.4. The number of amides is 1. The molecule has 1 amide bonds. The first kappa shape index (κ1) is 19.9. The number of rotatable bonds is 5. The molecular weight excluding hydrogens is 412 g/mol. The van der Waals surface area contributed by atoms with Crippen LogP contribution in [-0.4, -0.2) is 31.9 Å². The van der Waals surface area contributed by atoms with Gasteiger partial charge < -0.3 is 10.7 Å². The Balaban J connectivity index is 1.67. The lowest BCUT2D eigenvalue weighted by Crippen LogP contribution is -2.14. The van der Waals surface area contributed by atoms with Crippen molar-refractivity contribution >= 4 is 22.5 Å². The zero-order chi connectivity index (χ0) is 22.4. The third-order valence-corrected chi connectivity index (χ3v) is 5.60. The molecule has 32 heavy (non-hydrogen) atoms. The van der Waals surface area contributed by atoms with Crippen LogP contribution in [0.1, 0.15) is 21.6 Å². The molecule has 1 aromatic carbocycles. The number of primary amides is 1. The number of nitrogens with two attached hydrogens (primary N) is 1. The Morgan fingerprint density at radius 3 is 2.72 bits per heavy atom. The van der Waals surface area contributed by atoms with E-state index in [2.05, 4.69) is 21.1 Å². The Bertz CT molecular complexity index is 1480.